The molecule has 1 aromatic rings. The van der Waals surface area contributed by atoms with E-state index in [2.05, 4.69) is 10.4 Å². The van der Waals surface area contributed by atoms with Crippen LogP contribution in [0, 0.1) is 0 Å². The number of nitrogens with zero attached hydrogens (tertiary/aromatic N) is 3. The zero-order valence-electron chi connectivity index (χ0n) is 9.46. The van der Waals surface area contributed by atoms with Crippen molar-refractivity contribution in [1.82, 2.24) is 19.4 Å². The lowest BCUT2D eigenvalue weighted by Crippen LogP contribution is -2.34. The van der Waals surface area contributed by atoms with Crippen LogP contribution in [0.15, 0.2) is 17.3 Å². The smallest absolute Gasteiger partial charge is 0.246 e. The Morgan fingerprint density at radius 2 is 2.18 bits per heavy atom. The summed E-state index contributed by atoms with van der Waals surface area (Å²) in [7, 11) is -1.87. The minimum atomic E-state index is -3.53. The summed E-state index contributed by atoms with van der Waals surface area (Å²) in [5.41, 5.74) is 0. The molecule has 0 bridgehead atoms. The van der Waals surface area contributed by atoms with Crippen LogP contribution in [0.25, 0.3) is 0 Å². The Balaban J connectivity index is 2.23. The van der Waals surface area contributed by atoms with Gasteiger partial charge in [-0.3, -0.25) is 9.48 Å². The quantitative estimate of drug-likeness (QED) is 0.732. The van der Waals surface area contributed by atoms with Crippen molar-refractivity contribution in [3.63, 3.8) is 0 Å². The number of hydrogen-bond acceptors (Lipinski definition) is 4. The van der Waals surface area contributed by atoms with Crippen LogP contribution in [0.1, 0.15) is 6.42 Å². The zero-order valence-corrected chi connectivity index (χ0v) is 10.3. The lowest BCUT2D eigenvalue weighted by molar-refractivity contribution is -0.120. The standard InChI is InChI=1S/C9H14N4O3S/c1-12-7-8(6-11-12)17(15,16)13-4-2-9(14)10-3-5-13/h6-7H,2-5H2,1H3,(H,10,14). The van der Waals surface area contributed by atoms with Crippen molar-refractivity contribution in [1.29, 1.82) is 0 Å². The fourth-order valence-electron chi connectivity index (χ4n) is 1.67. The number of amides is 1. The molecule has 0 unspecified atom stereocenters. The van der Waals surface area contributed by atoms with Crippen LogP contribution in [0.3, 0.4) is 0 Å². The molecule has 2 heterocycles. The number of nitrogens with one attached hydrogen (secondary N) is 1. The second kappa shape index (κ2) is 4.46. The third-order valence-corrected chi connectivity index (χ3v) is 4.44. The van der Waals surface area contributed by atoms with E-state index in [1.807, 2.05) is 0 Å². The monoisotopic (exact) mass is 258 g/mol. The molecule has 1 aromatic heterocycles. The normalized spacial score (nSPS) is 18.8. The third kappa shape index (κ3) is 2.47. The minimum absolute atomic E-state index is 0.117. The number of sulfonamides is 1. The molecule has 17 heavy (non-hydrogen) atoms. The Bertz CT molecular complexity index is 522. The van der Waals surface area contributed by atoms with E-state index in [1.54, 1.807) is 7.05 Å². The van der Waals surface area contributed by atoms with Crippen molar-refractivity contribution in [3.05, 3.63) is 12.4 Å². The molecule has 1 aliphatic heterocycles. The Labute approximate surface area is 99.5 Å². The van der Waals surface area contributed by atoms with Gasteiger partial charge >= 0.3 is 0 Å². The first-order valence-corrected chi connectivity index (χ1v) is 6.69. The first-order valence-electron chi connectivity index (χ1n) is 5.25. The van der Waals surface area contributed by atoms with Gasteiger partial charge in [-0.2, -0.15) is 9.40 Å². The summed E-state index contributed by atoms with van der Waals surface area (Å²) in [5, 5.41) is 6.48. The summed E-state index contributed by atoms with van der Waals surface area (Å²) < 4.78 is 27.1. The van der Waals surface area contributed by atoms with Crippen molar-refractivity contribution < 1.29 is 13.2 Å². The van der Waals surface area contributed by atoms with Gasteiger partial charge in [-0.05, 0) is 0 Å². The van der Waals surface area contributed by atoms with Gasteiger partial charge in [-0.25, -0.2) is 8.42 Å². The molecule has 1 N–H and O–H groups in total. The second-order valence-electron chi connectivity index (χ2n) is 3.85. The molecule has 0 radical (unpaired) electrons. The van der Waals surface area contributed by atoms with E-state index in [0.29, 0.717) is 13.1 Å². The van der Waals surface area contributed by atoms with E-state index in [9.17, 15) is 13.2 Å². The van der Waals surface area contributed by atoms with Crippen LogP contribution in [-0.4, -0.2) is 48.0 Å². The molecule has 1 aliphatic rings. The molecule has 8 heteroatoms. The maximum atomic E-state index is 12.2. The highest BCUT2D eigenvalue weighted by atomic mass is 32.2. The molecule has 0 saturated carbocycles. The zero-order chi connectivity index (χ0) is 12.5. The van der Waals surface area contributed by atoms with Gasteiger partial charge in [0.05, 0.1) is 6.20 Å². The number of carbonyl (C=O) groups excluding carboxylic acids is 1. The van der Waals surface area contributed by atoms with E-state index in [1.165, 1.54) is 21.4 Å². The SMILES string of the molecule is Cn1cc(S(=O)(=O)N2CCNC(=O)CC2)cn1. The van der Waals surface area contributed by atoms with Gasteiger partial charge < -0.3 is 5.32 Å². The van der Waals surface area contributed by atoms with E-state index >= 15 is 0 Å². The van der Waals surface area contributed by atoms with E-state index in [-0.39, 0.29) is 23.8 Å². The number of aromatic nitrogens is 2. The molecule has 0 aromatic carbocycles. The van der Waals surface area contributed by atoms with Crippen LogP contribution in [0.4, 0.5) is 0 Å². The van der Waals surface area contributed by atoms with Crippen LogP contribution < -0.4 is 5.32 Å². The van der Waals surface area contributed by atoms with Gasteiger partial charge in [-0.1, -0.05) is 0 Å². The molecular weight excluding hydrogens is 244 g/mol. The van der Waals surface area contributed by atoms with Crippen molar-refractivity contribution in [2.24, 2.45) is 7.05 Å². The molecule has 0 spiro atoms. The average Bonchev–Trinajstić information content (AvgIpc) is 2.58. The lowest BCUT2D eigenvalue weighted by atomic mass is 10.4. The summed E-state index contributed by atoms with van der Waals surface area (Å²) in [5.74, 6) is -0.117. The van der Waals surface area contributed by atoms with Crippen LogP contribution in [0.5, 0.6) is 0 Å². The Morgan fingerprint density at radius 1 is 1.41 bits per heavy atom. The highest BCUT2D eigenvalue weighted by molar-refractivity contribution is 7.89. The molecule has 2 rings (SSSR count). The van der Waals surface area contributed by atoms with Crippen LogP contribution in [-0.2, 0) is 21.9 Å². The van der Waals surface area contributed by atoms with Gasteiger partial charge in [0.1, 0.15) is 4.90 Å². The summed E-state index contributed by atoms with van der Waals surface area (Å²) in [4.78, 5) is 11.3. The van der Waals surface area contributed by atoms with Gasteiger partial charge in [0.15, 0.2) is 0 Å². The lowest BCUT2D eigenvalue weighted by Gasteiger charge is -2.17. The maximum absolute atomic E-state index is 12.2. The predicted molar refractivity (Wildman–Crippen MR) is 59.6 cm³/mol. The van der Waals surface area contributed by atoms with Crippen molar-refractivity contribution >= 4 is 15.9 Å². The van der Waals surface area contributed by atoms with E-state index < -0.39 is 10.0 Å². The summed E-state index contributed by atoms with van der Waals surface area (Å²) in [6.45, 7) is 0.852. The third-order valence-electron chi connectivity index (χ3n) is 2.59. The molecule has 1 amide bonds. The molecular formula is C9H14N4O3S. The summed E-state index contributed by atoms with van der Waals surface area (Å²) >= 11 is 0. The average molecular weight is 258 g/mol. The molecule has 1 fully saturated rings. The van der Waals surface area contributed by atoms with Gasteiger partial charge in [0.2, 0.25) is 15.9 Å². The fraction of sp³-hybridized carbons (Fsp3) is 0.556. The fourth-order valence-corrected chi connectivity index (χ4v) is 3.10. The van der Waals surface area contributed by atoms with Crippen LogP contribution >= 0.6 is 0 Å². The second-order valence-corrected chi connectivity index (χ2v) is 5.79. The number of aryl methyl sites for hydroxylation is 1. The number of rotatable bonds is 2. The topological polar surface area (TPSA) is 84.3 Å². The van der Waals surface area contributed by atoms with Crippen molar-refractivity contribution in [2.45, 2.75) is 11.3 Å². The highest BCUT2D eigenvalue weighted by Gasteiger charge is 2.27. The maximum Gasteiger partial charge on any atom is 0.246 e. The Hall–Kier alpha value is -1.41. The van der Waals surface area contributed by atoms with Crippen molar-refractivity contribution in [3.8, 4) is 0 Å². The Morgan fingerprint density at radius 3 is 2.82 bits per heavy atom. The summed E-state index contributed by atoms with van der Waals surface area (Å²) in [6, 6.07) is 0. The van der Waals surface area contributed by atoms with Gasteiger partial charge in [-0.15, -0.1) is 0 Å². The molecule has 1 saturated heterocycles. The van der Waals surface area contributed by atoms with Crippen molar-refractivity contribution in [2.75, 3.05) is 19.6 Å². The predicted octanol–water partition coefficient (Wildman–Crippen LogP) is -1.07. The number of hydrogen-bond donors (Lipinski definition) is 1. The first-order chi connectivity index (χ1) is 8.00. The first kappa shape index (κ1) is 12.1. The summed E-state index contributed by atoms with van der Waals surface area (Å²) in [6.07, 6.45) is 2.96. The van der Waals surface area contributed by atoms with E-state index in [4.69, 9.17) is 0 Å². The molecule has 0 aliphatic carbocycles. The molecule has 0 atom stereocenters. The number of carbonyl (C=O) groups is 1. The molecule has 7 nitrogen and oxygen atoms in total. The molecule has 94 valence electrons. The van der Waals surface area contributed by atoms with Gasteiger partial charge in [0, 0.05) is 39.3 Å². The largest absolute Gasteiger partial charge is 0.355 e. The highest BCUT2D eigenvalue weighted by Crippen LogP contribution is 2.15. The Kier molecular flexibility index (Phi) is 3.16. The minimum Gasteiger partial charge on any atom is -0.355 e. The van der Waals surface area contributed by atoms with Gasteiger partial charge in [0.25, 0.3) is 0 Å². The van der Waals surface area contributed by atoms with Crippen LogP contribution in [0.2, 0.25) is 0 Å². The van der Waals surface area contributed by atoms with E-state index in [0.717, 1.165) is 0 Å².